The van der Waals surface area contributed by atoms with E-state index in [0.29, 0.717) is 19.6 Å². The van der Waals surface area contributed by atoms with E-state index in [1.807, 2.05) is 55.5 Å². The standard InChI is InChI=1S/C23H23FN2O2/c1-17(12-18-6-4-8-20(24)13-18)23(27)26-15-19-7-5-10-22(14-19)28-16-21-9-2-3-11-25-21/h2-11,13-14,17H,12,15-16H2,1H3,(H,26,27). The number of benzene rings is 2. The molecule has 0 aliphatic carbocycles. The molecule has 0 aliphatic rings. The van der Waals surface area contributed by atoms with Crippen LogP contribution < -0.4 is 10.1 Å². The van der Waals surface area contributed by atoms with Crippen LogP contribution in [0.25, 0.3) is 0 Å². The summed E-state index contributed by atoms with van der Waals surface area (Å²) >= 11 is 0. The van der Waals surface area contributed by atoms with Crippen molar-refractivity contribution in [3.8, 4) is 5.75 Å². The highest BCUT2D eigenvalue weighted by molar-refractivity contribution is 5.78. The zero-order valence-corrected chi connectivity index (χ0v) is 15.8. The summed E-state index contributed by atoms with van der Waals surface area (Å²) in [5.41, 5.74) is 2.62. The summed E-state index contributed by atoms with van der Waals surface area (Å²) in [5, 5.41) is 2.93. The Labute approximate surface area is 164 Å². The van der Waals surface area contributed by atoms with Crippen molar-refractivity contribution >= 4 is 5.91 Å². The molecular weight excluding hydrogens is 355 g/mol. The number of rotatable bonds is 8. The number of nitrogens with zero attached hydrogens (tertiary/aromatic N) is 1. The van der Waals surface area contributed by atoms with E-state index < -0.39 is 0 Å². The summed E-state index contributed by atoms with van der Waals surface area (Å²) in [4.78, 5) is 16.6. The molecule has 1 heterocycles. The highest BCUT2D eigenvalue weighted by Crippen LogP contribution is 2.15. The van der Waals surface area contributed by atoms with E-state index >= 15 is 0 Å². The average Bonchev–Trinajstić information content (AvgIpc) is 2.71. The Morgan fingerprint density at radius 2 is 1.89 bits per heavy atom. The van der Waals surface area contributed by atoms with Crippen LogP contribution in [0.4, 0.5) is 4.39 Å². The summed E-state index contributed by atoms with van der Waals surface area (Å²) < 4.78 is 19.0. The van der Waals surface area contributed by atoms with Crippen LogP contribution in [0.1, 0.15) is 23.7 Å². The van der Waals surface area contributed by atoms with Crippen molar-refractivity contribution in [1.29, 1.82) is 0 Å². The van der Waals surface area contributed by atoms with Crippen LogP contribution in [0.15, 0.2) is 72.9 Å². The minimum atomic E-state index is -0.285. The van der Waals surface area contributed by atoms with Gasteiger partial charge in [0.2, 0.25) is 5.91 Å². The van der Waals surface area contributed by atoms with E-state index in [1.165, 1.54) is 12.1 Å². The third-order valence-corrected chi connectivity index (χ3v) is 4.36. The monoisotopic (exact) mass is 378 g/mol. The van der Waals surface area contributed by atoms with E-state index in [-0.39, 0.29) is 17.6 Å². The zero-order valence-electron chi connectivity index (χ0n) is 15.8. The van der Waals surface area contributed by atoms with Crippen molar-refractivity contribution in [2.45, 2.75) is 26.5 Å². The first-order valence-corrected chi connectivity index (χ1v) is 9.24. The lowest BCUT2D eigenvalue weighted by atomic mass is 10.0. The summed E-state index contributed by atoms with van der Waals surface area (Å²) in [7, 11) is 0. The van der Waals surface area contributed by atoms with Crippen LogP contribution >= 0.6 is 0 Å². The molecule has 1 unspecified atom stereocenters. The number of carbonyl (C=O) groups excluding carboxylic acids is 1. The molecule has 0 spiro atoms. The summed E-state index contributed by atoms with van der Waals surface area (Å²) in [6.07, 6.45) is 2.23. The van der Waals surface area contributed by atoms with Crippen LogP contribution in [0.5, 0.6) is 5.75 Å². The SMILES string of the molecule is CC(Cc1cccc(F)c1)C(=O)NCc1cccc(OCc2ccccn2)c1. The fourth-order valence-corrected chi connectivity index (χ4v) is 2.86. The van der Waals surface area contributed by atoms with E-state index in [9.17, 15) is 9.18 Å². The van der Waals surface area contributed by atoms with Gasteiger partial charge in [-0.15, -0.1) is 0 Å². The number of ether oxygens (including phenoxy) is 1. The Morgan fingerprint density at radius 1 is 1.07 bits per heavy atom. The molecule has 0 bridgehead atoms. The van der Waals surface area contributed by atoms with Crippen molar-refractivity contribution in [3.63, 3.8) is 0 Å². The molecule has 3 rings (SSSR count). The molecular formula is C23H23FN2O2. The maximum Gasteiger partial charge on any atom is 0.223 e. The Kier molecular flexibility index (Phi) is 6.73. The smallest absolute Gasteiger partial charge is 0.223 e. The first-order chi connectivity index (χ1) is 13.6. The van der Waals surface area contributed by atoms with Gasteiger partial charge in [0.25, 0.3) is 0 Å². The lowest BCUT2D eigenvalue weighted by molar-refractivity contribution is -0.124. The average molecular weight is 378 g/mol. The number of aromatic nitrogens is 1. The van der Waals surface area contributed by atoms with Crippen molar-refractivity contribution in [3.05, 3.63) is 95.6 Å². The van der Waals surface area contributed by atoms with Gasteiger partial charge in [-0.3, -0.25) is 9.78 Å². The van der Waals surface area contributed by atoms with Gasteiger partial charge in [0, 0.05) is 18.7 Å². The van der Waals surface area contributed by atoms with Gasteiger partial charge in [0.1, 0.15) is 18.2 Å². The second-order valence-electron chi connectivity index (χ2n) is 6.71. The Hall–Kier alpha value is -3.21. The van der Waals surface area contributed by atoms with Crippen molar-refractivity contribution in [2.75, 3.05) is 0 Å². The molecule has 1 aromatic heterocycles. The summed E-state index contributed by atoms with van der Waals surface area (Å²) in [5.74, 6) is 0.132. The predicted molar refractivity (Wildman–Crippen MR) is 106 cm³/mol. The van der Waals surface area contributed by atoms with Crippen LogP contribution in [-0.2, 0) is 24.4 Å². The van der Waals surface area contributed by atoms with E-state index in [4.69, 9.17) is 4.74 Å². The fraction of sp³-hybridized carbons (Fsp3) is 0.217. The largest absolute Gasteiger partial charge is 0.487 e. The van der Waals surface area contributed by atoms with Crippen LogP contribution in [0.2, 0.25) is 0 Å². The minimum Gasteiger partial charge on any atom is -0.487 e. The van der Waals surface area contributed by atoms with Crippen LogP contribution in [0.3, 0.4) is 0 Å². The molecule has 5 heteroatoms. The first kappa shape index (κ1) is 19.5. The summed E-state index contributed by atoms with van der Waals surface area (Å²) in [6, 6.07) is 19.6. The number of halogens is 1. The number of hydrogen-bond donors (Lipinski definition) is 1. The second kappa shape index (κ2) is 9.65. The summed E-state index contributed by atoms with van der Waals surface area (Å²) in [6.45, 7) is 2.64. The fourth-order valence-electron chi connectivity index (χ4n) is 2.86. The molecule has 1 amide bonds. The molecule has 3 aromatic rings. The predicted octanol–water partition coefficient (Wildman–Crippen LogP) is 4.29. The minimum absolute atomic E-state index is 0.0657. The number of hydrogen-bond acceptors (Lipinski definition) is 3. The Bertz CT molecular complexity index is 915. The van der Waals surface area contributed by atoms with Crippen molar-refractivity contribution in [1.82, 2.24) is 10.3 Å². The highest BCUT2D eigenvalue weighted by Gasteiger charge is 2.13. The molecule has 28 heavy (non-hydrogen) atoms. The molecule has 144 valence electrons. The molecule has 4 nitrogen and oxygen atoms in total. The normalized spacial score (nSPS) is 11.6. The molecule has 0 aliphatic heterocycles. The number of amides is 1. The van der Waals surface area contributed by atoms with Gasteiger partial charge < -0.3 is 10.1 Å². The molecule has 0 radical (unpaired) electrons. The van der Waals surface area contributed by atoms with Gasteiger partial charge in [0.05, 0.1) is 5.69 Å². The molecule has 2 aromatic carbocycles. The van der Waals surface area contributed by atoms with Crippen molar-refractivity contribution in [2.24, 2.45) is 5.92 Å². The maximum atomic E-state index is 13.3. The van der Waals surface area contributed by atoms with Gasteiger partial charge in [-0.25, -0.2) is 4.39 Å². The molecule has 0 fully saturated rings. The Morgan fingerprint density at radius 3 is 2.68 bits per heavy atom. The third-order valence-electron chi connectivity index (χ3n) is 4.36. The lowest BCUT2D eigenvalue weighted by Crippen LogP contribution is -2.29. The molecule has 1 atom stereocenters. The molecule has 1 N–H and O–H groups in total. The second-order valence-corrected chi connectivity index (χ2v) is 6.71. The van der Waals surface area contributed by atoms with Gasteiger partial charge in [-0.1, -0.05) is 37.3 Å². The topological polar surface area (TPSA) is 51.2 Å². The molecule has 0 saturated heterocycles. The number of carbonyl (C=O) groups is 1. The Balaban J connectivity index is 1.50. The maximum absolute atomic E-state index is 13.3. The zero-order chi connectivity index (χ0) is 19.8. The highest BCUT2D eigenvalue weighted by atomic mass is 19.1. The lowest BCUT2D eigenvalue weighted by Gasteiger charge is -2.13. The third kappa shape index (κ3) is 5.91. The van der Waals surface area contributed by atoms with Gasteiger partial charge in [-0.2, -0.15) is 0 Å². The van der Waals surface area contributed by atoms with Gasteiger partial charge in [-0.05, 0) is 53.9 Å². The van der Waals surface area contributed by atoms with Crippen LogP contribution in [0, 0.1) is 11.7 Å². The van der Waals surface area contributed by atoms with Crippen LogP contribution in [-0.4, -0.2) is 10.9 Å². The number of nitrogens with one attached hydrogen (secondary N) is 1. The van der Waals surface area contributed by atoms with Crippen molar-refractivity contribution < 1.29 is 13.9 Å². The van der Waals surface area contributed by atoms with E-state index in [1.54, 1.807) is 12.3 Å². The van der Waals surface area contributed by atoms with Gasteiger partial charge in [0.15, 0.2) is 0 Å². The number of pyridine rings is 1. The van der Waals surface area contributed by atoms with Gasteiger partial charge >= 0.3 is 0 Å². The first-order valence-electron chi connectivity index (χ1n) is 9.24. The molecule has 0 saturated carbocycles. The van der Waals surface area contributed by atoms with E-state index in [2.05, 4.69) is 10.3 Å². The quantitative estimate of drug-likeness (QED) is 0.636. The van der Waals surface area contributed by atoms with E-state index in [0.717, 1.165) is 22.6 Å².